The van der Waals surface area contributed by atoms with Crippen LogP contribution in [0.2, 0.25) is 0 Å². The second-order valence-corrected chi connectivity index (χ2v) is 6.31. The molecule has 0 radical (unpaired) electrons. The van der Waals surface area contributed by atoms with Crippen LogP contribution in [0, 0.1) is 5.92 Å². The third-order valence-corrected chi connectivity index (χ3v) is 4.20. The summed E-state index contributed by atoms with van der Waals surface area (Å²) in [5.41, 5.74) is 4.07. The van der Waals surface area contributed by atoms with Crippen LogP contribution in [-0.4, -0.2) is 48.5 Å². The second-order valence-electron chi connectivity index (χ2n) is 6.31. The van der Waals surface area contributed by atoms with Crippen molar-refractivity contribution >= 4 is 12.0 Å². The van der Waals surface area contributed by atoms with E-state index in [4.69, 9.17) is 15.2 Å². The lowest BCUT2D eigenvalue weighted by molar-refractivity contribution is -0.138. The first kappa shape index (κ1) is 20.2. The van der Waals surface area contributed by atoms with E-state index in [1.165, 1.54) is 0 Å². The maximum absolute atomic E-state index is 12.5. The van der Waals surface area contributed by atoms with Crippen LogP contribution in [0.15, 0.2) is 12.4 Å². The van der Waals surface area contributed by atoms with Crippen molar-refractivity contribution in [3.63, 3.8) is 0 Å². The zero-order valence-corrected chi connectivity index (χ0v) is 14.5. The maximum atomic E-state index is 12.5. The lowest BCUT2D eigenvalue weighted by Gasteiger charge is -2.32. The topological polar surface area (TPSA) is 90.6 Å². The Kier molecular flexibility index (Phi) is 7.01. The molecule has 1 aliphatic rings. The van der Waals surface area contributed by atoms with E-state index >= 15 is 0 Å². The Morgan fingerprint density at radius 2 is 1.96 bits per heavy atom. The van der Waals surface area contributed by atoms with Gasteiger partial charge in [0, 0.05) is 32.1 Å². The number of nitrogens with zero attached hydrogens (tertiary/aromatic N) is 3. The minimum Gasteiger partial charge on any atom is -0.444 e. The van der Waals surface area contributed by atoms with E-state index in [1.54, 1.807) is 6.92 Å². The highest BCUT2D eigenvalue weighted by atomic mass is 19.4. The number of piperidine rings is 1. The lowest BCUT2D eigenvalue weighted by atomic mass is 9.94. The number of amides is 1. The van der Waals surface area contributed by atoms with E-state index < -0.39 is 17.8 Å². The predicted molar refractivity (Wildman–Crippen MR) is 87.5 cm³/mol. The summed E-state index contributed by atoms with van der Waals surface area (Å²) in [7, 11) is 0. The summed E-state index contributed by atoms with van der Waals surface area (Å²) >= 11 is 0. The number of anilines is 1. The molecule has 0 aromatic carbocycles. The fourth-order valence-electron chi connectivity index (χ4n) is 2.78. The summed E-state index contributed by atoms with van der Waals surface area (Å²) < 4.78 is 47.8. The number of nitrogens with two attached hydrogens (primary N) is 1. The first-order chi connectivity index (χ1) is 12.3. The lowest BCUT2D eigenvalue weighted by Crippen LogP contribution is -2.35. The van der Waals surface area contributed by atoms with Gasteiger partial charge in [0.2, 0.25) is 5.95 Å². The quantitative estimate of drug-likeness (QED) is 0.736. The van der Waals surface area contributed by atoms with E-state index in [1.807, 2.05) is 4.90 Å². The zero-order chi connectivity index (χ0) is 19.2. The SMILES string of the molecule is CC(COCCC1CCN(c2ncc(C(F)(F)F)cn2)CC1)OC(N)=O. The van der Waals surface area contributed by atoms with Gasteiger partial charge in [-0.15, -0.1) is 0 Å². The number of hydrogen-bond donors (Lipinski definition) is 1. The van der Waals surface area contributed by atoms with E-state index in [-0.39, 0.29) is 6.10 Å². The number of primary amides is 1. The van der Waals surface area contributed by atoms with Crippen molar-refractivity contribution < 1.29 is 27.4 Å². The zero-order valence-electron chi connectivity index (χ0n) is 14.5. The molecule has 1 aromatic rings. The monoisotopic (exact) mass is 376 g/mol. The highest BCUT2D eigenvalue weighted by Crippen LogP contribution is 2.29. The van der Waals surface area contributed by atoms with Crippen LogP contribution in [0.25, 0.3) is 0 Å². The minimum atomic E-state index is -4.43. The molecule has 0 spiro atoms. The molecular weight excluding hydrogens is 353 g/mol. The highest BCUT2D eigenvalue weighted by Gasteiger charge is 2.31. The molecule has 0 bridgehead atoms. The van der Waals surface area contributed by atoms with Crippen molar-refractivity contribution in [1.82, 2.24) is 9.97 Å². The molecule has 1 atom stereocenters. The van der Waals surface area contributed by atoms with Gasteiger partial charge in [-0.3, -0.25) is 0 Å². The molecule has 2 rings (SSSR count). The summed E-state index contributed by atoms with van der Waals surface area (Å²) in [5.74, 6) is 0.790. The number of carbonyl (C=O) groups is 1. The Hall–Kier alpha value is -2.10. The molecule has 1 unspecified atom stereocenters. The van der Waals surface area contributed by atoms with Gasteiger partial charge in [0.1, 0.15) is 6.10 Å². The molecule has 26 heavy (non-hydrogen) atoms. The van der Waals surface area contributed by atoms with Gasteiger partial charge < -0.3 is 20.1 Å². The van der Waals surface area contributed by atoms with Crippen LogP contribution < -0.4 is 10.6 Å². The fourth-order valence-corrected chi connectivity index (χ4v) is 2.78. The summed E-state index contributed by atoms with van der Waals surface area (Å²) in [6.45, 7) is 3.93. The van der Waals surface area contributed by atoms with Gasteiger partial charge in [0.15, 0.2) is 0 Å². The number of alkyl halides is 3. The van der Waals surface area contributed by atoms with Gasteiger partial charge in [-0.2, -0.15) is 13.2 Å². The Morgan fingerprint density at radius 1 is 1.35 bits per heavy atom. The number of hydrogen-bond acceptors (Lipinski definition) is 6. The number of carbonyl (C=O) groups excluding carboxylic acids is 1. The average Bonchev–Trinajstić information content (AvgIpc) is 2.58. The van der Waals surface area contributed by atoms with Crippen molar-refractivity contribution in [2.24, 2.45) is 11.7 Å². The van der Waals surface area contributed by atoms with Crippen LogP contribution in [0.5, 0.6) is 0 Å². The molecule has 0 aliphatic carbocycles. The van der Waals surface area contributed by atoms with Crippen molar-refractivity contribution in [2.45, 2.75) is 38.5 Å². The highest BCUT2D eigenvalue weighted by molar-refractivity contribution is 5.64. The molecule has 1 aliphatic heterocycles. The van der Waals surface area contributed by atoms with E-state index in [0.717, 1.165) is 31.7 Å². The predicted octanol–water partition coefficient (Wildman–Crippen LogP) is 2.60. The third-order valence-electron chi connectivity index (χ3n) is 4.20. The van der Waals surface area contributed by atoms with Crippen molar-refractivity contribution in [2.75, 3.05) is 31.2 Å². The van der Waals surface area contributed by atoms with Crippen molar-refractivity contribution in [3.05, 3.63) is 18.0 Å². The molecule has 1 fully saturated rings. The summed E-state index contributed by atoms with van der Waals surface area (Å²) in [5, 5.41) is 0. The molecule has 1 saturated heterocycles. The summed E-state index contributed by atoms with van der Waals surface area (Å²) in [6, 6.07) is 0. The molecule has 1 amide bonds. The normalized spacial score (nSPS) is 17.2. The van der Waals surface area contributed by atoms with Gasteiger partial charge in [0.05, 0.1) is 12.2 Å². The first-order valence-electron chi connectivity index (χ1n) is 8.43. The molecular formula is C16H23F3N4O3. The van der Waals surface area contributed by atoms with Crippen LogP contribution >= 0.6 is 0 Å². The number of halogens is 3. The smallest absolute Gasteiger partial charge is 0.419 e. The molecule has 2 heterocycles. The average molecular weight is 376 g/mol. The first-order valence-corrected chi connectivity index (χ1v) is 8.43. The van der Waals surface area contributed by atoms with Crippen LogP contribution in [0.4, 0.5) is 23.9 Å². The number of ether oxygens (including phenoxy) is 2. The van der Waals surface area contributed by atoms with Gasteiger partial charge in [-0.25, -0.2) is 14.8 Å². The van der Waals surface area contributed by atoms with Gasteiger partial charge in [0.25, 0.3) is 0 Å². The molecule has 10 heteroatoms. The molecule has 1 aromatic heterocycles. The molecule has 2 N–H and O–H groups in total. The molecule has 7 nitrogen and oxygen atoms in total. The van der Waals surface area contributed by atoms with Crippen molar-refractivity contribution in [1.29, 1.82) is 0 Å². The van der Waals surface area contributed by atoms with E-state index in [2.05, 4.69) is 9.97 Å². The largest absolute Gasteiger partial charge is 0.444 e. The Balaban J connectivity index is 1.68. The number of aromatic nitrogens is 2. The fraction of sp³-hybridized carbons (Fsp3) is 0.688. The van der Waals surface area contributed by atoms with Gasteiger partial charge >= 0.3 is 12.3 Å². The van der Waals surface area contributed by atoms with Crippen LogP contribution in [0.1, 0.15) is 31.7 Å². The van der Waals surface area contributed by atoms with E-state index in [0.29, 0.717) is 38.2 Å². The molecule has 0 saturated carbocycles. The Bertz CT molecular complexity index is 575. The Labute approximate surface area is 149 Å². The van der Waals surface area contributed by atoms with Crippen molar-refractivity contribution in [3.8, 4) is 0 Å². The third kappa shape index (κ3) is 6.32. The van der Waals surface area contributed by atoms with Crippen LogP contribution in [-0.2, 0) is 15.7 Å². The Morgan fingerprint density at radius 3 is 2.50 bits per heavy atom. The van der Waals surface area contributed by atoms with E-state index in [9.17, 15) is 18.0 Å². The maximum Gasteiger partial charge on any atom is 0.419 e. The molecule has 146 valence electrons. The minimum absolute atomic E-state index is 0.293. The van der Waals surface area contributed by atoms with Gasteiger partial charge in [-0.1, -0.05) is 0 Å². The summed E-state index contributed by atoms with van der Waals surface area (Å²) in [6.07, 6.45) is -1.35. The second kappa shape index (κ2) is 9.02. The van der Waals surface area contributed by atoms with Gasteiger partial charge in [-0.05, 0) is 32.1 Å². The number of rotatable bonds is 7. The summed E-state index contributed by atoms with van der Waals surface area (Å²) in [4.78, 5) is 20.1. The van der Waals surface area contributed by atoms with Crippen LogP contribution in [0.3, 0.4) is 0 Å². The standard InChI is InChI=1S/C16H23F3N4O3/c1-11(26-14(20)24)10-25-7-4-12-2-5-23(6-3-12)15-21-8-13(9-22-15)16(17,18)19/h8-9,11-12H,2-7,10H2,1H3,(H2,20,24).